The second kappa shape index (κ2) is 9.19. The van der Waals surface area contributed by atoms with Crippen molar-refractivity contribution in [3.8, 4) is 5.75 Å². The molecule has 122 valence electrons. The maximum Gasteiger partial charge on any atom is 0.177 e. The van der Waals surface area contributed by atoms with Gasteiger partial charge in [0.25, 0.3) is 0 Å². The highest BCUT2D eigenvalue weighted by Crippen LogP contribution is 2.21. The fourth-order valence-electron chi connectivity index (χ4n) is 2.20. The van der Waals surface area contributed by atoms with Gasteiger partial charge in [-0.3, -0.25) is 4.99 Å². The lowest BCUT2D eigenvalue weighted by atomic mass is 10.2. The average molecular weight is 332 g/mol. The molecule has 0 amide bonds. The number of nitrogens with zero attached hydrogens (tertiary/aromatic N) is 2. The number of hydrogen-bond acceptors (Lipinski definition) is 6. The largest absolute Gasteiger partial charge is 0.372 e. The first-order chi connectivity index (χ1) is 11.3. The van der Waals surface area contributed by atoms with Crippen LogP contribution in [0.5, 0.6) is 5.75 Å². The van der Waals surface area contributed by atoms with Crippen molar-refractivity contribution in [2.45, 2.75) is 13.8 Å². The summed E-state index contributed by atoms with van der Waals surface area (Å²) >= 11 is 3.45. The van der Waals surface area contributed by atoms with E-state index in [2.05, 4.69) is 58.2 Å². The van der Waals surface area contributed by atoms with E-state index in [0.29, 0.717) is 5.75 Å². The van der Waals surface area contributed by atoms with E-state index in [4.69, 9.17) is 4.89 Å². The third-order valence-electron chi connectivity index (χ3n) is 3.40. The minimum absolute atomic E-state index is 0.491. The Balaban J connectivity index is 2.11. The normalized spacial score (nSPS) is 10.9. The molecule has 0 aliphatic carbocycles. The number of para-hydroxylation sites is 1. The minimum Gasteiger partial charge on any atom is -0.372 e. The van der Waals surface area contributed by atoms with Crippen LogP contribution in [0.4, 0.5) is 11.4 Å². The maximum absolute atomic E-state index is 4.96. The molecule has 0 aliphatic rings. The van der Waals surface area contributed by atoms with E-state index in [1.54, 1.807) is 12.3 Å². The number of rotatable bonds is 8. The van der Waals surface area contributed by atoms with Gasteiger partial charge in [0.2, 0.25) is 0 Å². The molecule has 0 atom stereocenters. The second-order valence-corrected chi connectivity index (χ2v) is 4.86. The second-order valence-electron chi connectivity index (χ2n) is 4.71. The van der Waals surface area contributed by atoms with Gasteiger partial charge in [-0.2, -0.15) is 0 Å². The summed E-state index contributed by atoms with van der Waals surface area (Å²) in [5, 5.41) is 4.38. The molecule has 2 aromatic rings. The third kappa shape index (κ3) is 4.99. The molecule has 2 rings (SSSR count). The predicted molar refractivity (Wildman–Crippen MR) is 95.5 cm³/mol. The Bertz CT molecular complexity index is 628. The van der Waals surface area contributed by atoms with Crippen molar-refractivity contribution in [1.29, 1.82) is 0 Å². The fraction of sp³-hybridized carbons (Fsp3) is 0.235. The van der Waals surface area contributed by atoms with Crippen molar-refractivity contribution < 1.29 is 14.3 Å². The van der Waals surface area contributed by atoms with E-state index in [1.165, 1.54) is 5.69 Å². The number of thiol groups is 1. The van der Waals surface area contributed by atoms with Crippen LogP contribution in [0.2, 0.25) is 0 Å². The SMILES string of the molecule is CCN(CC)c1ccc(N=Cc2ccccc2OOOS)cc1. The molecule has 0 radical (unpaired) electrons. The first-order valence-electron chi connectivity index (χ1n) is 7.41. The highest BCUT2D eigenvalue weighted by molar-refractivity contribution is 7.74. The van der Waals surface area contributed by atoms with Crippen LogP contribution in [0.3, 0.4) is 0 Å². The standard InChI is InChI=1S/C17H20N2O3S/c1-3-19(4-2)16-11-9-15(10-12-16)18-13-14-7-5-6-8-17(14)20-21-22-23/h5-13,23H,3-4H2,1-2H3. The summed E-state index contributed by atoms with van der Waals surface area (Å²) in [6, 6.07) is 15.4. The summed E-state index contributed by atoms with van der Waals surface area (Å²) in [4.78, 5) is 11.7. The van der Waals surface area contributed by atoms with Gasteiger partial charge in [0.15, 0.2) is 5.75 Å². The zero-order valence-corrected chi connectivity index (χ0v) is 14.1. The Morgan fingerprint density at radius 2 is 1.74 bits per heavy atom. The van der Waals surface area contributed by atoms with Crippen LogP contribution in [0, 0.1) is 0 Å². The van der Waals surface area contributed by atoms with E-state index in [1.807, 2.05) is 30.3 Å². The Morgan fingerprint density at radius 3 is 2.39 bits per heavy atom. The molecule has 2 aromatic carbocycles. The molecule has 0 aromatic heterocycles. The molecule has 6 heteroatoms. The van der Waals surface area contributed by atoms with Gasteiger partial charge in [-0.1, -0.05) is 12.1 Å². The minimum atomic E-state index is 0.491. The molecule has 0 spiro atoms. The van der Waals surface area contributed by atoms with E-state index in [-0.39, 0.29) is 0 Å². The van der Waals surface area contributed by atoms with Crippen LogP contribution >= 0.6 is 12.9 Å². The molecular weight excluding hydrogens is 312 g/mol. The van der Waals surface area contributed by atoms with Crippen molar-refractivity contribution in [2.24, 2.45) is 4.99 Å². The fourth-order valence-corrected chi connectivity index (χ4v) is 2.23. The van der Waals surface area contributed by atoms with Crippen LogP contribution in [-0.2, 0) is 9.37 Å². The summed E-state index contributed by atoms with van der Waals surface area (Å²) in [6.07, 6.45) is 1.71. The molecule has 0 fully saturated rings. The van der Waals surface area contributed by atoms with Crippen molar-refractivity contribution in [1.82, 2.24) is 0 Å². The molecule has 0 unspecified atom stereocenters. The lowest BCUT2D eigenvalue weighted by molar-refractivity contribution is -0.402. The monoisotopic (exact) mass is 332 g/mol. The first kappa shape index (κ1) is 17.3. The van der Waals surface area contributed by atoms with Crippen molar-refractivity contribution in [3.63, 3.8) is 0 Å². The smallest absolute Gasteiger partial charge is 0.177 e. The number of anilines is 1. The first-order valence-corrected chi connectivity index (χ1v) is 7.77. The van der Waals surface area contributed by atoms with Gasteiger partial charge < -0.3 is 9.79 Å². The maximum atomic E-state index is 4.96. The molecule has 0 heterocycles. The Hall–Kier alpha value is -2.02. The van der Waals surface area contributed by atoms with Gasteiger partial charge in [0.1, 0.15) is 0 Å². The van der Waals surface area contributed by atoms with Gasteiger partial charge in [0, 0.05) is 43.5 Å². The summed E-state index contributed by atoms with van der Waals surface area (Å²) in [6.45, 7) is 6.25. The van der Waals surface area contributed by atoms with Gasteiger partial charge in [-0.15, -0.1) is 4.33 Å². The molecular formula is C17H20N2O3S. The van der Waals surface area contributed by atoms with Gasteiger partial charge in [0.05, 0.1) is 5.69 Å². The number of hydrogen-bond donors (Lipinski definition) is 1. The predicted octanol–water partition coefficient (Wildman–Crippen LogP) is 4.37. The van der Waals surface area contributed by atoms with Gasteiger partial charge in [-0.05, 0) is 55.3 Å². The van der Waals surface area contributed by atoms with Crippen LogP contribution < -0.4 is 9.79 Å². The summed E-state index contributed by atoms with van der Waals surface area (Å²) in [5.74, 6) is 0.491. The van der Waals surface area contributed by atoms with Crippen molar-refractivity contribution in [2.75, 3.05) is 18.0 Å². The molecule has 0 N–H and O–H groups in total. The van der Waals surface area contributed by atoms with Crippen LogP contribution in [0.15, 0.2) is 53.5 Å². The Kier molecular flexibility index (Phi) is 6.93. The van der Waals surface area contributed by atoms with Crippen molar-refractivity contribution in [3.05, 3.63) is 54.1 Å². The van der Waals surface area contributed by atoms with E-state index >= 15 is 0 Å². The Morgan fingerprint density at radius 1 is 1.04 bits per heavy atom. The van der Waals surface area contributed by atoms with E-state index in [0.717, 1.165) is 24.3 Å². The summed E-state index contributed by atoms with van der Waals surface area (Å²) in [5.41, 5.74) is 2.82. The summed E-state index contributed by atoms with van der Waals surface area (Å²) in [7, 11) is 0. The quantitative estimate of drug-likeness (QED) is 0.256. The van der Waals surface area contributed by atoms with Crippen LogP contribution in [0.25, 0.3) is 0 Å². The lowest BCUT2D eigenvalue weighted by Gasteiger charge is -2.20. The third-order valence-corrected chi connectivity index (χ3v) is 3.47. The highest BCUT2D eigenvalue weighted by Gasteiger charge is 2.03. The van der Waals surface area contributed by atoms with Crippen molar-refractivity contribution >= 4 is 30.5 Å². The van der Waals surface area contributed by atoms with E-state index < -0.39 is 0 Å². The van der Waals surface area contributed by atoms with Crippen LogP contribution in [-0.4, -0.2) is 19.3 Å². The molecule has 23 heavy (non-hydrogen) atoms. The molecule has 0 saturated carbocycles. The highest BCUT2D eigenvalue weighted by atomic mass is 32.1. The number of benzene rings is 2. The van der Waals surface area contributed by atoms with Gasteiger partial charge >= 0.3 is 0 Å². The molecule has 0 aliphatic heterocycles. The zero-order valence-electron chi connectivity index (χ0n) is 13.2. The Labute approximate surface area is 142 Å². The summed E-state index contributed by atoms with van der Waals surface area (Å²) < 4.78 is 4.14. The van der Waals surface area contributed by atoms with E-state index in [9.17, 15) is 0 Å². The lowest BCUT2D eigenvalue weighted by Crippen LogP contribution is -2.21. The number of aliphatic imine (C=N–C) groups is 1. The molecule has 0 saturated heterocycles. The zero-order chi connectivity index (χ0) is 16.5. The topological polar surface area (TPSA) is 43.3 Å². The van der Waals surface area contributed by atoms with Gasteiger partial charge in [-0.25, -0.2) is 0 Å². The molecule has 0 bridgehead atoms. The van der Waals surface area contributed by atoms with Crippen LogP contribution in [0.1, 0.15) is 19.4 Å². The average Bonchev–Trinajstić information content (AvgIpc) is 2.61. The molecule has 5 nitrogen and oxygen atoms in total.